The van der Waals surface area contributed by atoms with Gasteiger partial charge in [-0.1, -0.05) is 51.1 Å². The van der Waals surface area contributed by atoms with Gasteiger partial charge in [0, 0.05) is 24.2 Å². The quantitative estimate of drug-likeness (QED) is 0.631. The van der Waals surface area contributed by atoms with Crippen molar-refractivity contribution < 1.29 is 4.74 Å². The second kappa shape index (κ2) is 7.64. The monoisotopic (exact) mass is 336 g/mol. The van der Waals surface area contributed by atoms with Crippen LogP contribution in [0.2, 0.25) is 0 Å². The highest BCUT2D eigenvalue weighted by atomic mass is 16.5. The molecule has 0 radical (unpaired) electrons. The average molecular weight is 336 g/mol. The minimum Gasteiger partial charge on any atom is -0.497 e. The van der Waals surface area contributed by atoms with Crippen molar-refractivity contribution in [2.75, 3.05) is 19.0 Å². The predicted molar refractivity (Wildman–Crippen MR) is 107 cm³/mol. The summed E-state index contributed by atoms with van der Waals surface area (Å²) in [5.41, 5.74) is 5.18. The predicted octanol–water partition coefficient (Wildman–Crippen LogP) is 5.33. The first-order valence-corrected chi connectivity index (χ1v) is 9.11. The molecule has 0 spiro atoms. The Hall–Kier alpha value is -2.42. The summed E-state index contributed by atoms with van der Waals surface area (Å²) < 4.78 is 7.90. The third-order valence-corrected chi connectivity index (χ3v) is 4.58. The lowest BCUT2D eigenvalue weighted by molar-refractivity contribution is 0.415. The van der Waals surface area contributed by atoms with Crippen LogP contribution in [0.1, 0.15) is 32.0 Å². The summed E-state index contributed by atoms with van der Waals surface area (Å²) in [4.78, 5) is 0. The van der Waals surface area contributed by atoms with Crippen LogP contribution in [0.15, 0.2) is 48.5 Å². The Morgan fingerprint density at radius 2 is 1.84 bits per heavy atom. The summed E-state index contributed by atoms with van der Waals surface area (Å²) in [5, 5.41) is 4.93. The molecule has 3 heteroatoms. The molecule has 1 N–H and O–H groups in total. The van der Waals surface area contributed by atoms with E-state index in [4.69, 9.17) is 4.74 Å². The van der Waals surface area contributed by atoms with Crippen molar-refractivity contribution >= 4 is 16.6 Å². The van der Waals surface area contributed by atoms with Crippen molar-refractivity contribution in [3.05, 3.63) is 59.8 Å². The molecule has 25 heavy (non-hydrogen) atoms. The van der Waals surface area contributed by atoms with E-state index in [2.05, 4.69) is 79.2 Å². The van der Waals surface area contributed by atoms with E-state index in [1.807, 2.05) is 0 Å². The van der Waals surface area contributed by atoms with Crippen LogP contribution in [0.5, 0.6) is 5.75 Å². The summed E-state index contributed by atoms with van der Waals surface area (Å²) in [7, 11) is 1.73. The number of nitrogens with one attached hydrogen (secondary N) is 1. The first-order chi connectivity index (χ1) is 12.1. The van der Waals surface area contributed by atoms with Gasteiger partial charge < -0.3 is 14.6 Å². The summed E-state index contributed by atoms with van der Waals surface area (Å²) in [5.74, 6) is 1.50. The van der Waals surface area contributed by atoms with Gasteiger partial charge in [0.25, 0.3) is 0 Å². The number of benzene rings is 2. The van der Waals surface area contributed by atoms with Crippen molar-refractivity contribution in [3.8, 4) is 5.75 Å². The van der Waals surface area contributed by atoms with Crippen molar-refractivity contribution in [1.29, 1.82) is 0 Å². The van der Waals surface area contributed by atoms with Gasteiger partial charge in [-0.2, -0.15) is 0 Å². The van der Waals surface area contributed by atoms with Gasteiger partial charge in [0.05, 0.1) is 18.3 Å². The minimum atomic E-state index is 0.600. The smallest absolute Gasteiger partial charge is 0.119 e. The second-order valence-corrected chi connectivity index (χ2v) is 6.90. The Labute approximate surface area is 150 Å². The van der Waals surface area contributed by atoms with Crippen LogP contribution in [0.3, 0.4) is 0 Å². The molecule has 0 aliphatic heterocycles. The number of hydrogen-bond donors (Lipinski definition) is 1. The van der Waals surface area contributed by atoms with E-state index in [9.17, 15) is 0 Å². The Morgan fingerprint density at radius 1 is 1.08 bits per heavy atom. The standard InChI is InChI=1S/C22H28N2O/c1-5-20-22(23-14-16(2)3)19-13-18(25-4)11-12-21(19)24(20)15-17-9-7-6-8-10-17/h6-13,16,23H,5,14-15H2,1-4H3. The lowest BCUT2D eigenvalue weighted by Crippen LogP contribution is -2.10. The number of aromatic nitrogens is 1. The molecule has 132 valence electrons. The van der Waals surface area contributed by atoms with Gasteiger partial charge in [-0.05, 0) is 36.1 Å². The highest BCUT2D eigenvalue weighted by Gasteiger charge is 2.17. The number of nitrogens with zero attached hydrogens (tertiary/aromatic N) is 1. The summed E-state index contributed by atoms with van der Waals surface area (Å²) in [6.45, 7) is 8.56. The van der Waals surface area contributed by atoms with E-state index >= 15 is 0 Å². The normalized spacial score (nSPS) is 11.2. The van der Waals surface area contributed by atoms with Gasteiger partial charge >= 0.3 is 0 Å². The zero-order valence-electron chi connectivity index (χ0n) is 15.7. The van der Waals surface area contributed by atoms with Crippen LogP contribution in [-0.2, 0) is 13.0 Å². The molecule has 0 aliphatic carbocycles. The lowest BCUT2D eigenvalue weighted by Gasteiger charge is -2.13. The molecular weight excluding hydrogens is 308 g/mol. The number of methoxy groups -OCH3 is 1. The molecule has 1 aromatic heterocycles. The van der Waals surface area contributed by atoms with Gasteiger partial charge in [-0.3, -0.25) is 0 Å². The molecule has 0 unspecified atom stereocenters. The molecule has 0 fully saturated rings. The number of hydrogen-bond acceptors (Lipinski definition) is 2. The Balaban J connectivity index is 2.13. The molecule has 2 aromatic carbocycles. The zero-order valence-corrected chi connectivity index (χ0v) is 15.7. The summed E-state index contributed by atoms with van der Waals surface area (Å²) >= 11 is 0. The van der Waals surface area contributed by atoms with Crippen molar-refractivity contribution in [3.63, 3.8) is 0 Å². The van der Waals surface area contributed by atoms with Gasteiger partial charge in [0.15, 0.2) is 0 Å². The van der Waals surface area contributed by atoms with E-state index in [1.54, 1.807) is 7.11 Å². The minimum absolute atomic E-state index is 0.600. The van der Waals surface area contributed by atoms with E-state index < -0.39 is 0 Å². The second-order valence-electron chi connectivity index (χ2n) is 6.90. The van der Waals surface area contributed by atoms with Crippen LogP contribution >= 0.6 is 0 Å². The molecule has 0 amide bonds. The third-order valence-electron chi connectivity index (χ3n) is 4.58. The Morgan fingerprint density at radius 3 is 2.48 bits per heavy atom. The van der Waals surface area contributed by atoms with Crippen LogP contribution in [0.25, 0.3) is 10.9 Å². The molecule has 3 nitrogen and oxygen atoms in total. The maximum absolute atomic E-state index is 5.47. The molecule has 0 atom stereocenters. The van der Waals surface area contributed by atoms with Crippen LogP contribution < -0.4 is 10.1 Å². The molecule has 0 saturated carbocycles. The number of ether oxygens (including phenoxy) is 1. The fourth-order valence-electron chi connectivity index (χ4n) is 3.33. The van der Waals surface area contributed by atoms with Gasteiger partial charge in [-0.25, -0.2) is 0 Å². The third kappa shape index (κ3) is 3.65. The highest BCUT2D eigenvalue weighted by molar-refractivity contribution is 5.96. The maximum Gasteiger partial charge on any atom is 0.119 e. The first kappa shape index (κ1) is 17.4. The molecule has 3 rings (SSSR count). The van der Waals surface area contributed by atoms with E-state index in [0.717, 1.165) is 25.3 Å². The Bertz CT molecular complexity index is 834. The summed E-state index contributed by atoms with van der Waals surface area (Å²) in [6.07, 6.45) is 0.990. The number of rotatable bonds is 7. The SMILES string of the molecule is CCc1c(NCC(C)C)c2cc(OC)ccc2n1Cc1ccccc1. The average Bonchev–Trinajstić information content (AvgIpc) is 2.92. The zero-order chi connectivity index (χ0) is 17.8. The molecule has 0 bridgehead atoms. The largest absolute Gasteiger partial charge is 0.497 e. The molecule has 0 aliphatic rings. The lowest BCUT2D eigenvalue weighted by atomic mass is 10.1. The van der Waals surface area contributed by atoms with Gasteiger partial charge in [0.2, 0.25) is 0 Å². The number of anilines is 1. The highest BCUT2D eigenvalue weighted by Crippen LogP contribution is 2.35. The fraction of sp³-hybridized carbons (Fsp3) is 0.364. The number of fused-ring (bicyclic) bond motifs is 1. The first-order valence-electron chi connectivity index (χ1n) is 9.11. The topological polar surface area (TPSA) is 26.2 Å². The molecule has 1 heterocycles. The summed E-state index contributed by atoms with van der Waals surface area (Å²) in [6, 6.07) is 17.0. The van der Waals surface area contributed by atoms with E-state index in [1.165, 1.54) is 27.8 Å². The van der Waals surface area contributed by atoms with Crippen LogP contribution in [0, 0.1) is 5.92 Å². The maximum atomic E-state index is 5.47. The van der Waals surface area contributed by atoms with Crippen molar-refractivity contribution in [2.45, 2.75) is 33.7 Å². The Kier molecular flexibility index (Phi) is 5.32. The van der Waals surface area contributed by atoms with E-state index in [0.29, 0.717) is 5.92 Å². The van der Waals surface area contributed by atoms with Gasteiger partial charge in [0.1, 0.15) is 5.75 Å². The van der Waals surface area contributed by atoms with Crippen LogP contribution in [-0.4, -0.2) is 18.2 Å². The molecule has 3 aromatic rings. The molecule has 0 saturated heterocycles. The molecular formula is C22H28N2O. The van der Waals surface area contributed by atoms with Crippen molar-refractivity contribution in [1.82, 2.24) is 4.57 Å². The van der Waals surface area contributed by atoms with E-state index in [-0.39, 0.29) is 0 Å². The van der Waals surface area contributed by atoms with Gasteiger partial charge in [-0.15, -0.1) is 0 Å². The van der Waals surface area contributed by atoms with Crippen LogP contribution in [0.4, 0.5) is 5.69 Å². The fourth-order valence-corrected chi connectivity index (χ4v) is 3.33. The van der Waals surface area contributed by atoms with Crippen molar-refractivity contribution in [2.24, 2.45) is 5.92 Å².